The Hall–Kier alpha value is -1.50. The molecule has 204 valence electrons. The molecule has 36 heavy (non-hydrogen) atoms. The van der Waals surface area contributed by atoms with Crippen LogP contribution in [0.4, 0.5) is 4.39 Å². The molecule has 6 heteroatoms. The number of hydrogen-bond acceptors (Lipinski definition) is 5. The maximum absolute atomic E-state index is 16.3. The first-order chi connectivity index (χ1) is 16.7. The summed E-state index contributed by atoms with van der Waals surface area (Å²) in [6.45, 7) is 10.6. The van der Waals surface area contributed by atoms with E-state index >= 15 is 4.39 Å². The van der Waals surface area contributed by atoms with Gasteiger partial charge in [-0.05, 0) is 103 Å². The summed E-state index contributed by atoms with van der Waals surface area (Å²) in [7, 11) is 0. The van der Waals surface area contributed by atoms with Gasteiger partial charge in [0, 0.05) is 5.92 Å². The summed E-state index contributed by atoms with van der Waals surface area (Å²) in [5, 5.41) is 30.7. The molecule has 0 bridgehead atoms. The molecule has 0 spiro atoms. The number of hydrogen-bond donors (Lipinski definition) is 3. The minimum Gasteiger partial charge on any atom is -0.462 e. The maximum Gasteiger partial charge on any atom is 0.314 e. The summed E-state index contributed by atoms with van der Waals surface area (Å²) in [5.41, 5.74) is -0.583. The highest BCUT2D eigenvalue weighted by Crippen LogP contribution is 2.61. The van der Waals surface area contributed by atoms with Crippen molar-refractivity contribution in [3.05, 3.63) is 35.5 Å². The molecular formula is C30H47FO5. The summed E-state index contributed by atoms with van der Waals surface area (Å²) in [6.07, 6.45) is 11.0. The average Bonchev–Trinajstić information content (AvgIpc) is 3.13. The van der Waals surface area contributed by atoms with E-state index in [2.05, 4.69) is 19.1 Å². The Morgan fingerprint density at radius 1 is 1.14 bits per heavy atom. The number of ether oxygens (including phenoxy) is 1. The van der Waals surface area contributed by atoms with E-state index in [1.807, 2.05) is 0 Å². The number of rotatable bonds is 7. The fourth-order valence-corrected chi connectivity index (χ4v) is 6.82. The molecule has 0 aromatic heterocycles. The topological polar surface area (TPSA) is 87.0 Å². The smallest absolute Gasteiger partial charge is 0.314 e. The van der Waals surface area contributed by atoms with Gasteiger partial charge >= 0.3 is 5.97 Å². The first-order valence-electron chi connectivity index (χ1n) is 13.7. The van der Waals surface area contributed by atoms with Crippen molar-refractivity contribution in [3.8, 4) is 0 Å². The van der Waals surface area contributed by atoms with Crippen molar-refractivity contribution in [2.45, 2.75) is 123 Å². The highest BCUT2D eigenvalue weighted by Gasteiger charge is 2.55. The molecule has 0 amide bonds. The van der Waals surface area contributed by atoms with E-state index in [-0.39, 0.29) is 23.4 Å². The van der Waals surface area contributed by atoms with Crippen LogP contribution in [0.1, 0.15) is 92.9 Å². The van der Waals surface area contributed by atoms with Crippen LogP contribution in [0.2, 0.25) is 0 Å². The molecule has 0 radical (unpaired) electrons. The Bertz CT molecular complexity index is 874. The summed E-state index contributed by atoms with van der Waals surface area (Å²) in [4.78, 5) is 12.4. The molecule has 0 aliphatic heterocycles. The van der Waals surface area contributed by atoms with Gasteiger partial charge in [0.25, 0.3) is 0 Å². The summed E-state index contributed by atoms with van der Waals surface area (Å²) < 4.78 is 21.5. The van der Waals surface area contributed by atoms with Crippen LogP contribution in [0.5, 0.6) is 0 Å². The average molecular weight is 507 g/mol. The van der Waals surface area contributed by atoms with E-state index in [1.54, 1.807) is 34.6 Å². The molecule has 7 atom stereocenters. The van der Waals surface area contributed by atoms with Crippen LogP contribution >= 0.6 is 0 Å². The Morgan fingerprint density at radius 2 is 1.78 bits per heavy atom. The van der Waals surface area contributed by atoms with Gasteiger partial charge in [-0.25, -0.2) is 4.39 Å². The molecule has 0 aromatic carbocycles. The van der Waals surface area contributed by atoms with Gasteiger partial charge in [0.15, 0.2) is 0 Å². The van der Waals surface area contributed by atoms with Crippen LogP contribution in [-0.2, 0) is 9.53 Å². The number of carbonyl (C=O) groups excluding carboxylic acids is 1. The zero-order chi connectivity index (χ0) is 26.9. The fraction of sp³-hybridized carbons (Fsp3) is 0.767. The number of halogens is 1. The zero-order valence-corrected chi connectivity index (χ0v) is 23.0. The third-order valence-corrected chi connectivity index (χ3v) is 8.93. The lowest BCUT2D eigenvalue weighted by Gasteiger charge is -2.45. The van der Waals surface area contributed by atoms with Crippen LogP contribution in [0.15, 0.2) is 35.5 Å². The van der Waals surface area contributed by atoms with Gasteiger partial charge in [-0.15, -0.1) is 0 Å². The molecule has 5 nitrogen and oxygen atoms in total. The maximum atomic E-state index is 16.3. The zero-order valence-electron chi connectivity index (χ0n) is 23.0. The molecule has 3 aliphatic carbocycles. The Morgan fingerprint density at radius 3 is 2.39 bits per heavy atom. The molecule has 0 saturated heterocycles. The number of alkyl halides is 1. The van der Waals surface area contributed by atoms with Crippen molar-refractivity contribution < 1.29 is 29.2 Å². The molecule has 3 rings (SSSR count). The van der Waals surface area contributed by atoms with E-state index in [4.69, 9.17) is 4.74 Å². The van der Waals surface area contributed by atoms with E-state index in [0.717, 1.165) is 37.7 Å². The standard InChI is InChI=1S/C30H47FO5/c1-19(2)36-27(35)28(3,4)26(34)13-15-30(6,31)25-12-11-24-21(8-7-14-29(24,25)5)10-9-20-16-22(32)18-23(33)17-20/h9-10,13,15,19,22-26,32-34H,7-8,11-12,14,16-18H2,1-6H3/b15-13+,21-10+/t22-,23-,24+,25+,26-,29+,30-/m1/s1. The first kappa shape index (κ1) is 29.1. The van der Waals surface area contributed by atoms with Crippen LogP contribution in [-0.4, -0.2) is 51.4 Å². The lowest BCUT2D eigenvalue weighted by Crippen LogP contribution is -2.42. The number of aliphatic hydroxyl groups is 3. The third-order valence-electron chi connectivity index (χ3n) is 8.93. The summed E-state index contributed by atoms with van der Waals surface area (Å²) in [6, 6.07) is 0. The molecule has 3 aliphatic rings. The molecule has 0 unspecified atom stereocenters. The number of esters is 1. The van der Waals surface area contributed by atoms with E-state index in [9.17, 15) is 20.1 Å². The molecule has 0 aromatic rings. The van der Waals surface area contributed by atoms with Crippen molar-refractivity contribution in [1.82, 2.24) is 0 Å². The third kappa shape index (κ3) is 6.31. The van der Waals surface area contributed by atoms with Gasteiger partial charge in [-0.2, -0.15) is 0 Å². The van der Waals surface area contributed by atoms with Crippen molar-refractivity contribution in [3.63, 3.8) is 0 Å². The predicted molar refractivity (Wildman–Crippen MR) is 140 cm³/mol. The normalized spacial score (nSPS) is 35.1. The highest BCUT2D eigenvalue weighted by molar-refractivity contribution is 5.77. The fourth-order valence-electron chi connectivity index (χ4n) is 6.82. The van der Waals surface area contributed by atoms with Gasteiger partial charge in [0.1, 0.15) is 5.67 Å². The molecule has 3 N–H and O–H groups in total. The van der Waals surface area contributed by atoms with E-state index < -0.39 is 35.4 Å². The predicted octanol–water partition coefficient (Wildman–Crippen LogP) is 5.58. The number of aliphatic hydroxyl groups excluding tert-OH is 3. The Balaban J connectivity index is 1.75. The SMILES string of the molecule is CC(C)OC(=O)C(C)(C)[C@H](O)/C=C/[C@@](C)(F)[C@H]1CC[C@H]2/C(=C/C=C3C[C@@H](O)C[C@H](O)C3)CCC[C@@]21C. The lowest BCUT2D eigenvalue weighted by atomic mass is 9.60. The quantitative estimate of drug-likeness (QED) is 0.310. The number of carbonyl (C=O) groups is 1. The van der Waals surface area contributed by atoms with E-state index in [0.29, 0.717) is 19.3 Å². The Kier molecular flexibility index (Phi) is 8.95. The van der Waals surface area contributed by atoms with Crippen molar-refractivity contribution in [2.75, 3.05) is 0 Å². The van der Waals surface area contributed by atoms with Crippen molar-refractivity contribution in [1.29, 1.82) is 0 Å². The monoisotopic (exact) mass is 506 g/mol. The van der Waals surface area contributed by atoms with E-state index in [1.165, 1.54) is 17.7 Å². The second-order valence-electron chi connectivity index (χ2n) is 12.7. The van der Waals surface area contributed by atoms with Crippen molar-refractivity contribution >= 4 is 5.97 Å². The Labute approximate surface area is 216 Å². The van der Waals surface area contributed by atoms with Gasteiger partial charge in [0.2, 0.25) is 0 Å². The molecule has 3 saturated carbocycles. The summed E-state index contributed by atoms with van der Waals surface area (Å²) >= 11 is 0. The highest BCUT2D eigenvalue weighted by atomic mass is 19.1. The van der Waals surface area contributed by atoms with Gasteiger partial charge in [-0.3, -0.25) is 4.79 Å². The largest absolute Gasteiger partial charge is 0.462 e. The number of allylic oxidation sites excluding steroid dienone is 4. The minimum atomic E-state index is -1.62. The van der Waals surface area contributed by atoms with Crippen molar-refractivity contribution in [2.24, 2.45) is 22.7 Å². The van der Waals surface area contributed by atoms with Crippen LogP contribution < -0.4 is 0 Å². The minimum absolute atomic E-state index is 0.195. The van der Waals surface area contributed by atoms with Gasteiger partial charge < -0.3 is 20.1 Å². The lowest BCUT2D eigenvalue weighted by molar-refractivity contribution is -0.162. The van der Waals surface area contributed by atoms with Crippen LogP contribution in [0.3, 0.4) is 0 Å². The first-order valence-corrected chi connectivity index (χ1v) is 13.7. The van der Waals surface area contributed by atoms with Crippen LogP contribution in [0, 0.1) is 22.7 Å². The molecule has 3 fully saturated rings. The molecular weight excluding hydrogens is 459 g/mol. The van der Waals surface area contributed by atoms with Gasteiger partial charge in [-0.1, -0.05) is 36.3 Å². The second-order valence-corrected chi connectivity index (χ2v) is 12.7. The molecule has 0 heterocycles. The second kappa shape index (κ2) is 11.1. The van der Waals surface area contributed by atoms with Crippen LogP contribution in [0.25, 0.3) is 0 Å². The van der Waals surface area contributed by atoms with Gasteiger partial charge in [0.05, 0.1) is 29.8 Å². The number of fused-ring (bicyclic) bond motifs is 1. The summed E-state index contributed by atoms with van der Waals surface area (Å²) in [5.74, 6) is -0.409.